The molecule has 1 heteroatoms. The van der Waals surface area contributed by atoms with Crippen molar-refractivity contribution in [2.24, 2.45) is 0 Å². The summed E-state index contributed by atoms with van der Waals surface area (Å²) < 4.78 is 0. The van der Waals surface area contributed by atoms with Gasteiger partial charge in [-0.3, -0.25) is 0 Å². The van der Waals surface area contributed by atoms with Gasteiger partial charge in [-0.2, -0.15) is 0 Å². The lowest BCUT2D eigenvalue weighted by Gasteiger charge is -2.11. The predicted octanol–water partition coefficient (Wildman–Crippen LogP) is 11.4. The van der Waals surface area contributed by atoms with Gasteiger partial charge in [0.2, 0.25) is 0 Å². The first-order valence-electron chi connectivity index (χ1n) is 15.5. The second kappa shape index (κ2) is 22.5. The molecule has 0 fully saturated rings. The number of hydrogen-bond acceptors (Lipinski definition) is 1. The third-order valence-corrected chi connectivity index (χ3v) is 7.56. The van der Waals surface area contributed by atoms with Crippen LogP contribution in [0.25, 0.3) is 0 Å². The van der Waals surface area contributed by atoms with E-state index >= 15 is 0 Å². The molecule has 1 nitrogen and oxygen atoms in total. The molecule has 0 amide bonds. The summed E-state index contributed by atoms with van der Waals surface area (Å²) in [5.41, 5.74) is 3.69. The van der Waals surface area contributed by atoms with Crippen LogP contribution in [0.5, 0.6) is 5.75 Å². The topological polar surface area (TPSA) is 20.2 Å². The largest absolute Gasteiger partial charge is 0.507 e. The van der Waals surface area contributed by atoms with Gasteiger partial charge in [-0.05, 0) is 49.3 Å². The van der Waals surface area contributed by atoms with E-state index in [0.29, 0.717) is 5.75 Å². The van der Waals surface area contributed by atoms with Crippen LogP contribution < -0.4 is 0 Å². The van der Waals surface area contributed by atoms with E-state index in [0.717, 1.165) is 12.0 Å². The number of unbranched alkanes of at least 4 members (excludes halogenated alkanes) is 20. The monoisotopic (exact) mass is 472 g/mol. The Labute approximate surface area is 214 Å². The van der Waals surface area contributed by atoms with Gasteiger partial charge >= 0.3 is 0 Å². The summed E-state index contributed by atoms with van der Waals surface area (Å²) in [7, 11) is 0. The van der Waals surface area contributed by atoms with Crippen molar-refractivity contribution in [1.29, 1.82) is 0 Å². The van der Waals surface area contributed by atoms with Crippen molar-refractivity contribution < 1.29 is 5.11 Å². The lowest BCUT2D eigenvalue weighted by atomic mass is 9.96. The van der Waals surface area contributed by atoms with Crippen molar-refractivity contribution in [3.8, 4) is 5.75 Å². The van der Waals surface area contributed by atoms with Crippen LogP contribution in [0.2, 0.25) is 0 Å². The zero-order valence-electron chi connectivity index (χ0n) is 23.6. The van der Waals surface area contributed by atoms with Crippen LogP contribution in [0.4, 0.5) is 0 Å². The van der Waals surface area contributed by atoms with E-state index in [1.807, 2.05) is 0 Å². The van der Waals surface area contributed by atoms with Gasteiger partial charge in [-0.25, -0.2) is 0 Å². The van der Waals surface area contributed by atoms with Crippen molar-refractivity contribution >= 4 is 0 Å². The lowest BCUT2D eigenvalue weighted by molar-refractivity contribution is 0.461. The minimum Gasteiger partial charge on any atom is -0.507 e. The number of aromatic hydroxyl groups is 1. The van der Waals surface area contributed by atoms with Crippen molar-refractivity contribution in [2.75, 3.05) is 0 Å². The van der Waals surface area contributed by atoms with Gasteiger partial charge in [-0.15, -0.1) is 0 Å². The SMILES string of the molecule is CCCCCCCCCCCCCc1cc(C)c(O)c(CCCCCCCCCCCCC)c1. The van der Waals surface area contributed by atoms with E-state index in [1.165, 1.54) is 159 Å². The Hall–Kier alpha value is -0.980. The second-order valence-electron chi connectivity index (χ2n) is 11.0. The van der Waals surface area contributed by atoms with Gasteiger partial charge in [0, 0.05) is 0 Å². The summed E-state index contributed by atoms with van der Waals surface area (Å²) >= 11 is 0. The molecule has 0 unspecified atom stereocenters. The molecule has 0 aliphatic rings. The summed E-state index contributed by atoms with van der Waals surface area (Å²) in [5.74, 6) is 0.551. The quantitative estimate of drug-likeness (QED) is 0.148. The summed E-state index contributed by atoms with van der Waals surface area (Å²) in [6, 6.07) is 4.52. The first kappa shape index (κ1) is 31.1. The fraction of sp³-hybridized carbons (Fsp3) is 0.818. The summed E-state index contributed by atoms with van der Waals surface area (Å²) in [6.07, 6.45) is 32.7. The van der Waals surface area contributed by atoms with Crippen LogP contribution in [0.1, 0.15) is 172 Å². The molecule has 1 rings (SSSR count). The van der Waals surface area contributed by atoms with Crippen molar-refractivity contribution in [1.82, 2.24) is 0 Å². The summed E-state index contributed by atoms with van der Waals surface area (Å²) in [6.45, 7) is 6.65. The Morgan fingerprint density at radius 2 is 0.824 bits per heavy atom. The minimum atomic E-state index is 0.551. The molecule has 0 aliphatic carbocycles. The average molecular weight is 473 g/mol. The predicted molar refractivity (Wildman–Crippen MR) is 153 cm³/mol. The Bertz CT molecular complexity index is 576. The van der Waals surface area contributed by atoms with Crippen molar-refractivity contribution in [3.05, 3.63) is 28.8 Å². The van der Waals surface area contributed by atoms with E-state index in [-0.39, 0.29) is 0 Å². The maximum absolute atomic E-state index is 10.5. The molecule has 1 N–H and O–H groups in total. The van der Waals surface area contributed by atoms with E-state index < -0.39 is 0 Å². The zero-order chi connectivity index (χ0) is 24.7. The van der Waals surface area contributed by atoms with Gasteiger partial charge in [0.1, 0.15) is 5.75 Å². The summed E-state index contributed by atoms with van der Waals surface area (Å²) in [5, 5.41) is 10.5. The van der Waals surface area contributed by atoms with Gasteiger partial charge < -0.3 is 5.11 Å². The number of benzene rings is 1. The Morgan fingerprint density at radius 3 is 1.24 bits per heavy atom. The molecular formula is C33H60O. The van der Waals surface area contributed by atoms with Crippen LogP contribution in [0.3, 0.4) is 0 Å². The molecule has 0 bridgehead atoms. The average Bonchev–Trinajstić information content (AvgIpc) is 2.83. The van der Waals surface area contributed by atoms with Crippen LogP contribution >= 0.6 is 0 Å². The highest BCUT2D eigenvalue weighted by Crippen LogP contribution is 2.27. The molecule has 0 saturated carbocycles. The van der Waals surface area contributed by atoms with Crippen LogP contribution in [-0.4, -0.2) is 5.11 Å². The zero-order valence-corrected chi connectivity index (χ0v) is 23.6. The number of hydrogen-bond donors (Lipinski definition) is 1. The van der Waals surface area contributed by atoms with E-state index in [1.54, 1.807) is 0 Å². The van der Waals surface area contributed by atoms with Crippen molar-refractivity contribution in [2.45, 2.75) is 175 Å². The third-order valence-electron chi connectivity index (χ3n) is 7.56. The third kappa shape index (κ3) is 16.6. The normalized spacial score (nSPS) is 11.4. The van der Waals surface area contributed by atoms with Gasteiger partial charge in [-0.1, -0.05) is 154 Å². The number of phenolic OH excluding ortho intramolecular Hbond substituents is 1. The highest BCUT2D eigenvalue weighted by Gasteiger charge is 2.07. The molecule has 0 aliphatic heterocycles. The van der Waals surface area contributed by atoms with Gasteiger partial charge in [0.05, 0.1) is 0 Å². The fourth-order valence-electron chi connectivity index (χ4n) is 5.24. The first-order valence-corrected chi connectivity index (χ1v) is 15.5. The smallest absolute Gasteiger partial charge is 0.121 e. The molecule has 198 valence electrons. The molecule has 1 aromatic carbocycles. The molecule has 0 spiro atoms. The molecule has 0 atom stereocenters. The maximum Gasteiger partial charge on any atom is 0.121 e. The van der Waals surface area contributed by atoms with Crippen LogP contribution in [0.15, 0.2) is 12.1 Å². The van der Waals surface area contributed by atoms with Gasteiger partial charge in [0.25, 0.3) is 0 Å². The Kier molecular flexibility index (Phi) is 20.5. The number of phenols is 1. The first-order chi connectivity index (χ1) is 16.7. The number of aryl methyl sites for hydroxylation is 3. The molecule has 0 radical (unpaired) electrons. The van der Waals surface area contributed by atoms with Gasteiger partial charge in [0.15, 0.2) is 0 Å². The summed E-state index contributed by atoms with van der Waals surface area (Å²) in [4.78, 5) is 0. The second-order valence-corrected chi connectivity index (χ2v) is 11.0. The van der Waals surface area contributed by atoms with E-state index in [9.17, 15) is 5.11 Å². The fourth-order valence-corrected chi connectivity index (χ4v) is 5.24. The molecule has 1 aromatic rings. The Balaban J connectivity index is 2.11. The minimum absolute atomic E-state index is 0.551. The highest BCUT2D eigenvalue weighted by atomic mass is 16.3. The molecule has 0 aromatic heterocycles. The van der Waals surface area contributed by atoms with Crippen LogP contribution in [0, 0.1) is 6.92 Å². The van der Waals surface area contributed by atoms with Crippen molar-refractivity contribution in [3.63, 3.8) is 0 Å². The van der Waals surface area contributed by atoms with E-state index in [4.69, 9.17) is 0 Å². The highest BCUT2D eigenvalue weighted by molar-refractivity contribution is 5.43. The van der Waals surface area contributed by atoms with Crippen LogP contribution in [-0.2, 0) is 12.8 Å². The number of rotatable bonds is 24. The molecule has 34 heavy (non-hydrogen) atoms. The van der Waals surface area contributed by atoms with E-state index in [2.05, 4.69) is 32.9 Å². The molecular weight excluding hydrogens is 412 g/mol. The Morgan fingerprint density at radius 1 is 0.471 bits per heavy atom. The standard InChI is InChI=1S/C33H60O/c1-4-6-8-10-12-14-16-18-20-22-24-26-31-28-30(3)33(34)32(29-31)27-25-23-21-19-17-15-13-11-9-7-5-2/h28-29,34H,4-27H2,1-3H3. The lowest BCUT2D eigenvalue weighted by Crippen LogP contribution is -1.94. The molecule has 0 saturated heterocycles. The molecule has 0 heterocycles. The maximum atomic E-state index is 10.5.